The molecule has 0 aliphatic carbocycles. The molecule has 2 aromatic rings. The van der Waals surface area contributed by atoms with Crippen molar-refractivity contribution >= 4 is 16.9 Å². The number of halogens is 2. The van der Waals surface area contributed by atoms with Gasteiger partial charge < -0.3 is 15.6 Å². The molecule has 3 N–H and O–H groups in total. The monoisotopic (exact) mass is 270 g/mol. The van der Waals surface area contributed by atoms with Gasteiger partial charge in [0.2, 0.25) is 0 Å². The fraction of sp³-hybridized carbons (Fsp3) is 0.455. The Morgan fingerprint density at radius 2 is 2.32 bits per heavy atom. The molecular formula is C11H12F2N4O2. The zero-order valence-electron chi connectivity index (χ0n) is 9.83. The van der Waals surface area contributed by atoms with E-state index in [1.807, 2.05) is 0 Å². The number of ether oxygens (including phenoxy) is 1. The Morgan fingerprint density at radius 1 is 1.53 bits per heavy atom. The van der Waals surface area contributed by atoms with Gasteiger partial charge in [-0.05, 0) is 0 Å². The van der Waals surface area contributed by atoms with Crippen molar-refractivity contribution in [2.24, 2.45) is 0 Å². The molecule has 0 unspecified atom stereocenters. The van der Waals surface area contributed by atoms with Gasteiger partial charge in [0, 0.05) is 12.6 Å². The molecule has 0 spiro atoms. The first-order valence-electron chi connectivity index (χ1n) is 5.78. The summed E-state index contributed by atoms with van der Waals surface area (Å²) in [5, 5.41) is 9.04. The molecule has 19 heavy (non-hydrogen) atoms. The van der Waals surface area contributed by atoms with E-state index in [4.69, 9.17) is 15.6 Å². The lowest BCUT2D eigenvalue weighted by Crippen LogP contribution is -2.16. The standard InChI is InChI=1S/C11H12F2N4O2/c12-6-1-5(3-18)19-11(6)17-2-7(13)8-9(14)15-4-16-10(8)17/h2,4-6,11,18H,1,3H2,(H2,14,15,16)/t5-,6-,11+/m0/s1. The maximum absolute atomic E-state index is 13.9. The summed E-state index contributed by atoms with van der Waals surface area (Å²) >= 11 is 0. The summed E-state index contributed by atoms with van der Waals surface area (Å²) in [6, 6.07) is 0. The number of nitrogens with two attached hydrogens (primary N) is 1. The van der Waals surface area contributed by atoms with E-state index in [9.17, 15) is 8.78 Å². The van der Waals surface area contributed by atoms with Crippen LogP contribution in [0.2, 0.25) is 0 Å². The normalized spacial score (nSPS) is 27.2. The van der Waals surface area contributed by atoms with Crippen LogP contribution in [0.25, 0.3) is 11.0 Å². The molecule has 0 aromatic carbocycles. The minimum absolute atomic E-state index is 0.00615. The number of anilines is 1. The second kappa shape index (κ2) is 4.39. The van der Waals surface area contributed by atoms with E-state index in [2.05, 4.69) is 9.97 Å². The van der Waals surface area contributed by atoms with Gasteiger partial charge in [-0.25, -0.2) is 18.7 Å². The van der Waals surface area contributed by atoms with E-state index < -0.39 is 24.3 Å². The Bertz CT molecular complexity index is 618. The number of alkyl halides is 1. The van der Waals surface area contributed by atoms with Crippen molar-refractivity contribution in [2.75, 3.05) is 12.3 Å². The first-order chi connectivity index (χ1) is 9.11. The van der Waals surface area contributed by atoms with Crippen LogP contribution in [0.15, 0.2) is 12.5 Å². The van der Waals surface area contributed by atoms with Gasteiger partial charge in [-0.15, -0.1) is 0 Å². The third-order valence-electron chi connectivity index (χ3n) is 3.20. The van der Waals surface area contributed by atoms with Crippen LogP contribution in [0.4, 0.5) is 14.6 Å². The molecule has 102 valence electrons. The van der Waals surface area contributed by atoms with Crippen molar-refractivity contribution in [1.29, 1.82) is 0 Å². The summed E-state index contributed by atoms with van der Waals surface area (Å²) < 4.78 is 34.3. The average molecular weight is 270 g/mol. The van der Waals surface area contributed by atoms with Gasteiger partial charge in [0.25, 0.3) is 0 Å². The van der Waals surface area contributed by atoms with Crippen LogP contribution in [-0.2, 0) is 4.74 Å². The molecule has 8 heteroatoms. The van der Waals surface area contributed by atoms with Crippen molar-refractivity contribution in [3.63, 3.8) is 0 Å². The second-order valence-electron chi connectivity index (χ2n) is 4.42. The number of fused-ring (bicyclic) bond motifs is 1. The van der Waals surface area contributed by atoms with Gasteiger partial charge in [-0.3, -0.25) is 4.57 Å². The number of aliphatic hydroxyl groups is 1. The number of nitrogen functional groups attached to an aromatic ring is 1. The highest BCUT2D eigenvalue weighted by Gasteiger charge is 2.37. The van der Waals surface area contributed by atoms with Gasteiger partial charge in [0.15, 0.2) is 17.7 Å². The quantitative estimate of drug-likeness (QED) is 0.841. The molecule has 3 heterocycles. The number of hydrogen-bond acceptors (Lipinski definition) is 5. The topological polar surface area (TPSA) is 86.2 Å². The van der Waals surface area contributed by atoms with Crippen LogP contribution in [0, 0.1) is 5.82 Å². The van der Waals surface area contributed by atoms with E-state index in [1.54, 1.807) is 0 Å². The van der Waals surface area contributed by atoms with E-state index in [0.717, 1.165) is 6.20 Å². The van der Waals surface area contributed by atoms with Gasteiger partial charge in [-0.1, -0.05) is 0 Å². The van der Waals surface area contributed by atoms with Crippen molar-refractivity contribution < 1.29 is 18.6 Å². The van der Waals surface area contributed by atoms with Crippen LogP contribution in [-0.4, -0.2) is 38.5 Å². The number of rotatable bonds is 2. The van der Waals surface area contributed by atoms with Gasteiger partial charge >= 0.3 is 0 Å². The van der Waals surface area contributed by atoms with E-state index in [1.165, 1.54) is 10.9 Å². The predicted molar refractivity (Wildman–Crippen MR) is 62.4 cm³/mol. The molecule has 1 aliphatic heterocycles. The average Bonchev–Trinajstić information content (AvgIpc) is 2.91. The number of aromatic nitrogens is 3. The van der Waals surface area contributed by atoms with Crippen molar-refractivity contribution in [3.8, 4) is 0 Å². The molecule has 0 radical (unpaired) electrons. The van der Waals surface area contributed by atoms with Crippen LogP contribution in [0.1, 0.15) is 12.6 Å². The smallest absolute Gasteiger partial charge is 0.167 e. The lowest BCUT2D eigenvalue weighted by molar-refractivity contribution is -0.0350. The first-order valence-corrected chi connectivity index (χ1v) is 5.78. The summed E-state index contributed by atoms with van der Waals surface area (Å²) in [5.74, 6) is -0.635. The predicted octanol–water partition coefficient (Wildman–Crippen LogP) is 0.770. The maximum atomic E-state index is 13.9. The molecule has 3 rings (SSSR count). The third-order valence-corrected chi connectivity index (χ3v) is 3.20. The molecule has 0 saturated carbocycles. The molecule has 2 aromatic heterocycles. The third kappa shape index (κ3) is 1.83. The molecule has 0 bridgehead atoms. The van der Waals surface area contributed by atoms with Gasteiger partial charge in [0.05, 0.1) is 18.1 Å². The fourth-order valence-electron chi connectivity index (χ4n) is 2.32. The lowest BCUT2D eigenvalue weighted by Gasteiger charge is -2.15. The van der Waals surface area contributed by atoms with Crippen LogP contribution < -0.4 is 5.73 Å². The fourth-order valence-corrected chi connectivity index (χ4v) is 2.32. The van der Waals surface area contributed by atoms with E-state index in [0.29, 0.717) is 0 Å². The highest BCUT2D eigenvalue weighted by Crippen LogP contribution is 2.35. The summed E-state index contributed by atoms with van der Waals surface area (Å²) in [4.78, 5) is 7.61. The van der Waals surface area contributed by atoms with E-state index >= 15 is 0 Å². The van der Waals surface area contributed by atoms with Gasteiger partial charge in [-0.2, -0.15) is 0 Å². The molecular weight excluding hydrogens is 258 g/mol. The highest BCUT2D eigenvalue weighted by atomic mass is 19.1. The minimum atomic E-state index is -1.34. The Kier molecular flexibility index (Phi) is 2.83. The lowest BCUT2D eigenvalue weighted by atomic mass is 10.2. The molecule has 0 amide bonds. The number of hydrogen-bond donors (Lipinski definition) is 2. The maximum Gasteiger partial charge on any atom is 0.167 e. The zero-order valence-corrected chi connectivity index (χ0v) is 9.83. The van der Waals surface area contributed by atoms with Crippen molar-refractivity contribution in [1.82, 2.24) is 14.5 Å². The Balaban J connectivity index is 2.09. The molecule has 1 fully saturated rings. The summed E-state index contributed by atoms with van der Waals surface area (Å²) in [7, 11) is 0. The van der Waals surface area contributed by atoms with Crippen molar-refractivity contribution in [2.45, 2.75) is 24.9 Å². The molecule has 6 nitrogen and oxygen atoms in total. The Hall–Kier alpha value is -1.80. The molecule has 1 aliphatic rings. The Morgan fingerprint density at radius 3 is 3.00 bits per heavy atom. The van der Waals surface area contributed by atoms with Crippen LogP contribution in [0.3, 0.4) is 0 Å². The second-order valence-corrected chi connectivity index (χ2v) is 4.42. The number of aliphatic hydroxyl groups excluding tert-OH is 1. The van der Waals surface area contributed by atoms with Gasteiger partial charge in [0.1, 0.15) is 18.3 Å². The summed E-state index contributed by atoms with van der Waals surface area (Å²) in [5.41, 5.74) is 5.76. The van der Waals surface area contributed by atoms with Crippen LogP contribution >= 0.6 is 0 Å². The van der Waals surface area contributed by atoms with Crippen LogP contribution in [0.5, 0.6) is 0 Å². The van der Waals surface area contributed by atoms with Crippen molar-refractivity contribution in [3.05, 3.63) is 18.3 Å². The molecule has 1 saturated heterocycles. The zero-order chi connectivity index (χ0) is 13.6. The molecule has 3 atom stereocenters. The first kappa shape index (κ1) is 12.2. The minimum Gasteiger partial charge on any atom is -0.394 e. The largest absolute Gasteiger partial charge is 0.394 e. The van der Waals surface area contributed by atoms with E-state index in [-0.39, 0.29) is 29.9 Å². The summed E-state index contributed by atoms with van der Waals surface area (Å²) in [6.07, 6.45) is -0.629. The SMILES string of the molecule is Nc1ncnc2c1c(F)cn2[C@@H]1O[C@H](CO)C[C@@H]1F. The Labute approximate surface area is 106 Å². The summed E-state index contributed by atoms with van der Waals surface area (Å²) in [6.45, 7) is -0.282. The highest BCUT2D eigenvalue weighted by molar-refractivity contribution is 5.86. The number of nitrogens with zero attached hydrogens (tertiary/aromatic N) is 3.